The van der Waals surface area contributed by atoms with Crippen LogP contribution in [0.25, 0.3) is 16.9 Å². The van der Waals surface area contributed by atoms with Gasteiger partial charge in [-0.25, -0.2) is 9.67 Å². The summed E-state index contributed by atoms with van der Waals surface area (Å²) < 4.78 is 1.50. The Balaban J connectivity index is 1.61. The molecule has 2 aromatic carbocycles. The number of nitrogens with zero attached hydrogens (tertiary/aromatic N) is 3. The second-order valence-corrected chi connectivity index (χ2v) is 7.36. The third kappa shape index (κ3) is 5.01. The number of pyridine rings is 1. The third-order valence-electron chi connectivity index (χ3n) is 5.09. The predicted molar refractivity (Wildman–Crippen MR) is 122 cm³/mol. The molecule has 33 heavy (non-hydrogen) atoms. The number of hydrogen-bond acceptors (Lipinski definition) is 5. The summed E-state index contributed by atoms with van der Waals surface area (Å²) in [5.41, 5.74) is 8.04. The van der Waals surface area contributed by atoms with Crippen molar-refractivity contribution >= 4 is 17.6 Å². The summed E-state index contributed by atoms with van der Waals surface area (Å²) in [6.07, 6.45) is 5.13. The topological polar surface area (TPSA) is 120 Å². The van der Waals surface area contributed by atoms with Crippen LogP contribution >= 0.6 is 0 Å². The number of ketones is 1. The summed E-state index contributed by atoms with van der Waals surface area (Å²) in [6.45, 7) is 0. The van der Waals surface area contributed by atoms with E-state index in [2.05, 4.69) is 15.4 Å². The lowest BCUT2D eigenvalue weighted by Gasteiger charge is -2.17. The van der Waals surface area contributed by atoms with E-state index >= 15 is 0 Å². The zero-order valence-electron chi connectivity index (χ0n) is 17.6. The zero-order valence-corrected chi connectivity index (χ0v) is 17.6. The van der Waals surface area contributed by atoms with Gasteiger partial charge in [0.25, 0.3) is 11.8 Å². The Morgan fingerprint density at radius 1 is 0.909 bits per heavy atom. The van der Waals surface area contributed by atoms with Gasteiger partial charge in [0.1, 0.15) is 6.04 Å². The molecule has 164 valence electrons. The number of hydrogen-bond donors (Lipinski definition) is 2. The Hall–Kier alpha value is -4.59. The van der Waals surface area contributed by atoms with Crippen molar-refractivity contribution in [3.8, 4) is 16.9 Å². The van der Waals surface area contributed by atoms with Crippen molar-refractivity contribution in [2.75, 3.05) is 0 Å². The minimum Gasteiger partial charge on any atom is -0.363 e. The molecule has 0 aliphatic rings. The van der Waals surface area contributed by atoms with Gasteiger partial charge in [-0.1, -0.05) is 60.7 Å². The van der Waals surface area contributed by atoms with Crippen LogP contribution in [0.5, 0.6) is 0 Å². The van der Waals surface area contributed by atoms with E-state index in [1.165, 1.54) is 4.68 Å². The molecule has 0 saturated carbocycles. The highest BCUT2D eigenvalue weighted by molar-refractivity contribution is 6.38. The fraction of sp³-hybridized carbons (Fsp3) is 0.0800. The smallest absolute Gasteiger partial charge is 0.287 e. The highest BCUT2D eigenvalue weighted by Crippen LogP contribution is 2.20. The first-order chi connectivity index (χ1) is 16.0. The van der Waals surface area contributed by atoms with E-state index in [0.717, 1.165) is 16.7 Å². The van der Waals surface area contributed by atoms with E-state index in [4.69, 9.17) is 5.73 Å². The fourth-order valence-corrected chi connectivity index (χ4v) is 3.44. The number of rotatable bonds is 8. The van der Waals surface area contributed by atoms with E-state index in [1.54, 1.807) is 42.9 Å². The highest BCUT2D eigenvalue weighted by atomic mass is 16.2. The molecule has 0 fully saturated rings. The van der Waals surface area contributed by atoms with E-state index in [9.17, 15) is 14.4 Å². The Labute approximate surface area is 190 Å². The van der Waals surface area contributed by atoms with Gasteiger partial charge < -0.3 is 11.1 Å². The molecule has 8 nitrogen and oxygen atoms in total. The molecule has 2 amide bonds. The molecular formula is C25H21N5O3. The monoisotopic (exact) mass is 439 g/mol. The van der Waals surface area contributed by atoms with Crippen LogP contribution < -0.4 is 11.1 Å². The van der Waals surface area contributed by atoms with Crippen molar-refractivity contribution in [3.63, 3.8) is 0 Å². The number of aromatic nitrogens is 3. The summed E-state index contributed by atoms with van der Waals surface area (Å²) in [5, 5.41) is 6.99. The van der Waals surface area contributed by atoms with Gasteiger partial charge in [-0.2, -0.15) is 5.10 Å². The molecular weight excluding hydrogens is 418 g/mol. The molecule has 0 saturated heterocycles. The number of nitrogens with one attached hydrogen (secondary N) is 1. The number of Topliss-reactive ketones (excluding diaryl/α,β-unsaturated/α-hetero) is 1. The third-order valence-corrected chi connectivity index (χ3v) is 5.09. The zero-order chi connectivity index (χ0) is 23.2. The lowest BCUT2D eigenvalue weighted by Crippen LogP contribution is -2.47. The number of nitrogens with two attached hydrogens (primary N) is 1. The van der Waals surface area contributed by atoms with Gasteiger partial charge >= 0.3 is 0 Å². The van der Waals surface area contributed by atoms with Gasteiger partial charge in [-0.05, 0) is 23.3 Å². The molecule has 1 atom stereocenters. The van der Waals surface area contributed by atoms with E-state index in [-0.39, 0.29) is 12.0 Å². The van der Waals surface area contributed by atoms with Crippen LogP contribution in [0.2, 0.25) is 0 Å². The van der Waals surface area contributed by atoms with Gasteiger partial charge in [-0.3, -0.25) is 14.4 Å². The molecule has 0 spiro atoms. The maximum Gasteiger partial charge on any atom is 0.287 e. The van der Waals surface area contributed by atoms with Crippen LogP contribution in [0.15, 0.2) is 91.4 Å². The van der Waals surface area contributed by atoms with Crippen LogP contribution in [0.4, 0.5) is 0 Å². The Kier molecular flexibility index (Phi) is 6.36. The lowest BCUT2D eigenvalue weighted by molar-refractivity contribution is -0.137. The average Bonchev–Trinajstić information content (AvgIpc) is 3.34. The van der Waals surface area contributed by atoms with E-state index in [1.807, 2.05) is 48.5 Å². The van der Waals surface area contributed by atoms with Crippen molar-refractivity contribution in [2.24, 2.45) is 5.73 Å². The molecule has 1 unspecified atom stereocenters. The first-order valence-corrected chi connectivity index (χ1v) is 10.3. The average molecular weight is 439 g/mol. The molecule has 0 bridgehead atoms. The number of primary amides is 1. The first kappa shape index (κ1) is 21.6. The van der Waals surface area contributed by atoms with Crippen LogP contribution in [0.3, 0.4) is 0 Å². The lowest BCUT2D eigenvalue weighted by atomic mass is 10.0. The second-order valence-electron chi connectivity index (χ2n) is 7.36. The van der Waals surface area contributed by atoms with E-state index in [0.29, 0.717) is 5.82 Å². The number of benzene rings is 2. The predicted octanol–water partition coefficient (Wildman–Crippen LogP) is 2.33. The largest absolute Gasteiger partial charge is 0.363 e. The first-order valence-electron chi connectivity index (χ1n) is 10.3. The van der Waals surface area contributed by atoms with Crippen molar-refractivity contribution in [1.82, 2.24) is 20.1 Å². The Bertz CT molecular complexity index is 1290. The fourth-order valence-electron chi connectivity index (χ4n) is 3.44. The van der Waals surface area contributed by atoms with E-state index < -0.39 is 23.6 Å². The number of amides is 2. The standard InChI is InChI=1S/C25H21N5O3/c26-23(32)22(31)21(14-17-8-3-1-4-9-17)29-25(33)20-12-7-13-27-24(20)30-16-19(15-28-30)18-10-5-2-6-11-18/h1-13,15-16,21H,14H2,(H2,26,32)(H,29,33). The highest BCUT2D eigenvalue weighted by Gasteiger charge is 2.27. The number of carbonyl (C=O) groups is 3. The van der Waals surface area contributed by atoms with Crippen LogP contribution in [-0.4, -0.2) is 38.4 Å². The summed E-state index contributed by atoms with van der Waals surface area (Å²) in [7, 11) is 0. The molecule has 4 aromatic rings. The minimum absolute atomic E-state index is 0.129. The van der Waals surface area contributed by atoms with Gasteiger partial charge in [0.15, 0.2) is 5.82 Å². The Morgan fingerprint density at radius 2 is 1.61 bits per heavy atom. The van der Waals surface area contributed by atoms with Gasteiger partial charge in [0, 0.05) is 24.4 Å². The molecule has 8 heteroatoms. The van der Waals surface area contributed by atoms with Crippen molar-refractivity contribution in [1.29, 1.82) is 0 Å². The maximum atomic E-state index is 13.1. The van der Waals surface area contributed by atoms with Crippen molar-refractivity contribution < 1.29 is 14.4 Å². The molecule has 2 aromatic heterocycles. The van der Waals surface area contributed by atoms with Gasteiger partial charge in [0.05, 0.1) is 11.8 Å². The molecule has 0 aliphatic carbocycles. The normalized spacial score (nSPS) is 11.5. The summed E-state index contributed by atoms with van der Waals surface area (Å²) in [5.74, 6) is -2.25. The van der Waals surface area contributed by atoms with Gasteiger partial charge in [0.2, 0.25) is 5.78 Å². The summed E-state index contributed by atoms with van der Waals surface area (Å²) in [4.78, 5) is 41.4. The van der Waals surface area contributed by atoms with Crippen LogP contribution in [0, 0.1) is 0 Å². The molecule has 4 rings (SSSR count). The molecule has 3 N–H and O–H groups in total. The SMILES string of the molecule is NC(=O)C(=O)C(Cc1ccccc1)NC(=O)c1cccnc1-n1cc(-c2ccccc2)cn1. The second kappa shape index (κ2) is 9.69. The molecule has 0 radical (unpaired) electrons. The minimum atomic E-state index is -1.11. The van der Waals surface area contributed by atoms with Crippen LogP contribution in [0.1, 0.15) is 15.9 Å². The number of carbonyl (C=O) groups excluding carboxylic acids is 3. The summed E-state index contributed by atoms with van der Waals surface area (Å²) >= 11 is 0. The maximum absolute atomic E-state index is 13.1. The van der Waals surface area contributed by atoms with Crippen molar-refractivity contribution in [2.45, 2.75) is 12.5 Å². The van der Waals surface area contributed by atoms with Gasteiger partial charge in [-0.15, -0.1) is 0 Å². The molecule has 2 heterocycles. The quantitative estimate of drug-likeness (QED) is 0.408. The van der Waals surface area contributed by atoms with Crippen LogP contribution in [-0.2, 0) is 16.0 Å². The molecule has 0 aliphatic heterocycles. The Morgan fingerprint density at radius 3 is 2.30 bits per heavy atom. The summed E-state index contributed by atoms with van der Waals surface area (Å²) in [6, 6.07) is 20.8. The van der Waals surface area contributed by atoms with Crippen molar-refractivity contribution in [3.05, 3.63) is 103 Å².